The molecule has 0 spiro atoms. The Balaban J connectivity index is 2.47. The molecule has 4 heteroatoms. The maximum Gasteiger partial charge on any atom is 0.221 e. The van der Waals surface area contributed by atoms with Crippen LogP contribution in [0.2, 0.25) is 0 Å². The first-order valence-electron chi connectivity index (χ1n) is 5.14. The molecule has 86 valence electrons. The van der Waals surface area contributed by atoms with E-state index >= 15 is 0 Å². The molecular weight excluding hydrogens is 219 g/mol. The molecule has 1 amide bonds. The smallest absolute Gasteiger partial charge is 0.221 e. The van der Waals surface area contributed by atoms with Crippen molar-refractivity contribution in [3.63, 3.8) is 0 Å². The van der Waals surface area contributed by atoms with Crippen LogP contribution >= 0.6 is 0 Å². The number of rotatable bonds is 3. The predicted molar refractivity (Wildman–Crippen MR) is 62.5 cm³/mol. The predicted octanol–water partition coefficient (Wildman–Crippen LogP) is 1.92. The number of carbonyl (C=O) groups excluding carboxylic acids is 1. The van der Waals surface area contributed by atoms with Gasteiger partial charge in [-0.1, -0.05) is 24.3 Å². The molecule has 0 aliphatic heterocycles. The molecule has 17 heavy (non-hydrogen) atoms. The molecule has 3 nitrogen and oxygen atoms in total. The number of primary amides is 1. The Morgan fingerprint density at radius 2 is 2.06 bits per heavy atom. The van der Waals surface area contributed by atoms with Gasteiger partial charge in [0.05, 0.1) is 12.6 Å². The highest BCUT2D eigenvalue weighted by Gasteiger charge is 2.07. The summed E-state index contributed by atoms with van der Waals surface area (Å²) in [5.74, 6) is -0.821. The van der Waals surface area contributed by atoms with Gasteiger partial charge in [0, 0.05) is 11.8 Å². The number of carbonyl (C=O) groups is 1. The summed E-state index contributed by atoms with van der Waals surface area (Å²) < 4.78 is 13.1. The fourth-order valence-corrected chi connectivity index (χ4v) is 1.70. The Hall–Kier alpha value is -2.23. The molecule has 0 aliphatic carbocycles. The van der Waals surface area contributed by atoms with Crippen LogP contribution in [0.25, 0.3) is 11.1 Å². The molecule has 0 fully saturated rings. The molecule has 0 saturated heterocycles. The largest absolute Gasteiger partial charge is 0.369 e. The summed E-state index contributed by atoms with van der Waals surface area (Å²) in [5, 5.41) is 0. The second kappa shape index (κ2) is 4.74. The molecule has 0 saturated carbocycles. The summed E-state index contributed by atoms with van der Waals surface area (Å²) in [6.07, 6.45) is 2.83. The number of pyridine rings is 1. The molecule has 2 aromatic rings. The Kier molecular flexibility index (Phi) is 3.14. The van der Waals surface area contributed by atoms with Gasteiger partial charge < -0.3 is 5.73 Å². The van der Waals surface area contributed by atoms with Crippen LogP contribution < -0.4 is 5.73 Å². The summed E-state index contributed by atoms with van der Waals surface area (Å²) in [4.78, 5) is 14.7. The van der Waals surface area contributed by atoms with E-state index in [4.69, 9.17) is 5.73 Å². The summed E-state index contributed by atoms with van der Waals surface area (Å²) in [6, 6.07) is 8.63. The molecule has 1 heterocycles. The van der Waals surface area contributed by atoms with Crippen molar-refractivity contribution in [3.05, 3.63) is 54.1 Å². The first-order valence-corrected chi connectivity index (χ1v) is 5.14. The molecule has 0 radical (unpaired) electrons. The highest BCUT2D eigenvalue weighted by atomic mass is 19.1. The Labute approximate surface area is 98.1 Å². The van der Waals surface area contributed by atoms with E-state index in [9.17, 15) is 9.18 Å². The average molecular weight is 230 g/mol. The van der Waals surface area contributed by atoms with Crippen molar-refractivity contribution in [1.29, 1.82) is 0 Å². The summed E-state index contributed by atoms with van der Waals surface area (Å²) in [7, 11) is 0. The third-order valence-corrected chi connectivity index (χ3v) is 2.40. The van der Waals surface area contributed by atoms with Crippen LogP contribution in [0, 0.1) is 5.82 Å². The second-order valence-corrected chi connectivity index (χ2v) is 3.69. The van der Waals surface area contributed by atoms with Crippen molar-refractivity contribution < 1.29 is 9.18 Å². The van der Waals surface area contributed by atoms with E-state index < -0.39 is 11.7 Å². The van der Waals surface area contributed by atoms with Crippen LogP contribution in [0.4, 0.5) is 4.39 Å². The Morgan fingerprint density at radius 1 is 1.29 bits per heavy atom. The van der Waals surface area contributed by atoms with Gasteiger partial charge in [-0.3, -0.25) is 9.78 Å². The number of hydrogen-bond acceptors (Lipinski definition) is 2. The third-order valence-electron chi connectivity index (χ3n) is 2.40. The van der Waals surface area contributed by atoms with Crippen molar-refractivity contribution in [1.82, 2.24) is 4.98 Å². The van der Waals surface area contributed by atoms with Crippen LogP contribution in [0.15, 0.2) is 42.7 Å². The molecule has 0 atom stereocenters. The van der Waals surface area contributed by atoms with E-state index in [0.717, 1.165) is 17.3 Å². The van der Waals surface area contributed by atoms with Crippen molar-refractivity contribution >= 4 is 5.91 Å². The van der Waals surface area contributed by atoms with Gasteiger partial charge in [0.2, 0.25) is 5.91 Å². The molecule has 1 aromatic carbocycles. The molecule has 2 N–H and O–H groups in total. The van der Waals surface area contributed by atoms with Gasteiger partial charge >= 0.3 is 0 Å². The van der Waals surface area contributed by atoms with Crippen molar-refractivity contribution in [3.8, 4) is 11.1 Å². The zero-order valence-electron chi connectivity index (χ0n) is 9.06. The minimum atomic E-state index is -0.415. The van der Waals surface area contributed by atoms with Crippen LogP contribution in [-0.2, 0) is 11.2 Å². The number of nitrogens with two attached hydrogens (primary N) is 1. The van der Waals surface area contributed by atoms with E-state index in [1.165, 1.54) is 6.07 Å². The number of aromatic nitrogens is 1. The normalized spacial score (nSPS) is 10.2. The Bertz CT molecular complexity index is 555. The van der Waals surface area contributed by atoms with Gasteiger partial charge in [-0.25, -0.2) is 4.39 Å². The highest BCUT2D eigenvalue weighted by molar-refractivity contribution is 5.80. The van der Waals surface area contributed by atoms with Gasteiger partial charge in [-0.2, -0.15) is 0 Å². The van der Waals surface area contributed by atoms with Crippen molar-refractivity contribution in [2.45, 2.75) is 6.42 Å². The van der Waals surface area contributed by atoms with Gasteiger partial charge in [0.25, 0.3) is 0 Å². The Morgan fingerprint density at radius 3 is 2.76 bits per heavy atom. The van der Waals surface area contributed by atoms with E-state index in [2.05, 4.69) is 4.98 Å². The third kappa shape index (κ3) is 2.66. The lowest BCUT2D eigenvalue weighted by molar-refractivity contribution is -0.117. The van der Waals surface area contributed by atoms with Gasteiger partial charge in [-0.15, -0.1) is 0 Å². The van der Waals surface area contributed by atoms with E-state index in [-0.39, 0.29) is 6.42 Å². The monoisotopic (exact) mass is 230 g/mol. The number of amides is 1. The minimum absolute atomic E-state index is 0.132. The van der Waals surface area contributed by atoms with E-state index in [1.807, 2.05) is 18.2 Å². The first kappa shape index (κ1) is 11.3. The van der Waals surface area contributed by atoms with Gasteiger partial charge in [0.1, 0.15) is 5.82 Å². The van der Waals surface area contributed by atoms with Crippen LogP contribution in [0.3, 0.4) is 0 Å². The van der Waals surface area contributed by atoms with Gasteiger partial charge in [0.15, 0.2) is 0 Å². The minimum Gasteiger partial charge on any atom is -0.369 e. The van der Waals surface area contributed by atoms with Crippen LogP contribution in [0.5, 0.6) is 0 Å². The average Bonchev–Trinajstić information content (AvgIpc) is 2.29. The van der Waals surface area contributed by atoms with Crippen molar-refractivity contribution in [2.75, 3.05) is 0 Å². The summed E-state index contributed by atoms with van der Waals surface area (Å²) >= 11 is 0. The fourth-order valence-electron chi connectivity index (χ4n) is 1.70. The van der Waals surface area contributed by atoms with Crippen LogP contribution in [0.1, 0.15) is 5.56 Å². The molecule has 0 aliphatic rings. The fraction of sp³-hybridized carbons (Fsp3) is 0.0769. The maximum absolute atomic E-state index is 13.1. The topological polar surface area (TPSA) is 56.0 Å². The lowest BCUT2D eigenvalue weighted by Crippen LogP contribution is -2.14. The molecule has 0 bridgehead atoms. The van der Waals surface area contributed by atoms with Crippen LogP contribution in [-0.4, -0.2) is 10.9 Å². The lowest BCUT2D eigenvalue weighted by atomic mass is 9.99. The molecular formula is C13H11FN2O. The highest BCUT2D eigenvalue weighted by Crippen LogP contribution is 2.23. The number of benzene rings is 1. The first-order chi connectivity index (χ1) is 8.16. The van der Waals surface area contributed by atoms with Crippen molar-refractivity contribution in [2.24, 2.45) is 5.73 Å². The number of halogens is 1. The second-order valence-electron chi connectivity index (χ2n) is 3.69. The van der Waals surface area contributed by atoms with E-state index in [1.54, 1.807) is 12.3 Å². The summed E-state index contributed by atoms with van der Waals surface area (Å²) in [5.41, 5.74) is 7.36. The zero-order chi connectivity index (χ0) is 12.3. The molecule has 1 aromatic heterocycles. The van der Waals surface area contributed by atoms with Gasteiger partial charge in [-0.05, 0) is 17.2 Å². The molecule has 0 unspecified atom stereocenters. The van der Waals surface area contributed by atoms with E-state index in [0.29, 0.717) is 5.56 Å². The standard InChI is InChI=1S/C13H11FN2O/c14-11-5-10(7-16-8-11)12-4-2-1-3-9(12)6-13(15)17/h1-5,7-8H,6H2,(H2,15,17). The number of nitrogens with zero attached hydrogens (tertiary/aromatic N) is 1. The molecule has 2 rings (SSSR count). The summed E-state index contributed by atoms with van der Waals surface area (Å²) in [6.45, 7) is 0. The number of hydrogen-bond donors (Lipinski definition) is 1. The quantitative estimate of drug-likeness (QED) is 0.875. The SMILES string of the molecule is NC(=O)Cc1ccccc1-c1cncc(F)c1. The zero-order valence-corrected chi connectivity index (χ0v) is 9.06. The lowest BCUT2D eigenvalue weighted by Gasteiger charge is -2.07. The maximum atomic E-state index is 13.1.